The van der Waals surface area contributed by atoms with Gasteiger partial charge in [0.25, 0.3) is 0 Å². The van der Waals surface area contributed by atoms with Crippen molar-refractivity contribution in [2.45, 2.75) is 0 Å². The van der Waals surface area contributed by atoms with Crippen LogP contribution in [0.2, 0.25) is 0 Å². The van der Waals surface area contributed by atoms with E-state index in [2.05, 4.69) is 155 Å². The van der Waals surface area contributed by atoms with Crippen LogP contribution in [0, 0.1) is 0 Å². The zero-order valence-electron chi connectivity index (χ0n) is 24.1. The number of hydrogen-bond acceptors (Lipinski definition) is 3. The molecule has 5 heteroatoms. The Morgan fingerprint density at radius 3 is 1.71 bits per heavy atom. The topological polar surface area (TPSA) is 35.6 Å². The molecule has 10 aromatic rings. The SMILES string of the molecule is c1ccc(-c2nc(-n3c4ccccc4c4cc5c(cc43)c3ccccc3n5-c3ccccc3)nc3sc4ccccc4c23)cc1. The molecular weight excluding hydrogens is 569 g/mol. The minimum absolute atomic E-state index is 0.685. The van der Waals surface area contributed by atoms with Crippen molar-refractivity contribution < 1.29 is 0 Å². The second-order valence-corrected chi connectivity index (χ2v) is 12.5. The molecule has 0 saturated carbocycles. The summed E-state index contributed by atoms with van der Waals surface area (Å²) in [6.07, 6.45) is 0. The van der Waals surface area contributed by atoms with Crippen molar-refractivity contribution in [2.24, 2.45) is 0 Å². The number of nitrogens with zero attached hydrogens (tertiary/aromatic N) is 4. The van der Waals surface area contributed by atoms with E-state index in [1.54, 1.807) is 11.3 Å². The molecule has 45 heavy (non-hydrogen) atoms. The van der Waals surface area contributed by atoms with Crippen molar-refractivity contribution in [1.82, 2.24) is 19.1 Å². The van der Waals surface area contributed by atoms with Crippen LogP contribution in [-0.2, 0) is 0 Å². The van der Waals surface area contributed by atoms with Gasteiger partial charge < -0.3 is 4.57 Å². The molecule has 0 atom stereocenters. The summed E-state index contributed by atoms with van der Waals surface area (Å²) in [5.41, 5.74) is 7.76. The van der Waals surface area contributed by atoms with E-state index in [4.69, 9.17) is 9.97 Å². The average Bonchev–Trinajstić information content (AvgIpc) is 3.75. The van der Waals surface area contributed by atoms with Crippen LogP contribution in [0.25, 0.3) is 86.8 Å². The second-order valence-electron chi connectivity index (χ2n) is 11.4. The standard InChI is InChI=1S/C40H24N4S/c1-3-13-25(14-4-1)38-37-29-19-9-12-22-36(29)45-39(37)42-40(41-38)44-33-21-11-8-18-28(33)31-23-34-30(24-35(31)44)27-17-7-10-20-32(27)43(34)26-15-5-2-6-16-26/h1-24H. The van der Waals surface area contributed by atoms with Gasteiger partial charge in [0.2, 0.25) is 5.95 Å². The Morgan fingerprint density at radius 2 is 1.00 bits per heavy atom. The lowest BCUT2D eigenvalue weighted by Crippen LogP contribution is -2.02. The molecular formula is C40H24N4S. The molecule has 4 heterocycles. The van der Waals surface area contributed by atoms with E-state index in [-0.39, 0.29) is 0 Å². The van der Waals surface area contributed by atoms with E-state index in [0.29, 0.717) is 5.95 Å². The molecule has 10 rings (SSSR count). The second kappa shape index (κ2) is 9.36. The van der Waals surface area contributed by atoms with E-state index >= 15 is 0 Å². The van der Waals surface area contributed by atoms with Crippen molar-refractivity contribution in [2.75, 3.05) is 0 Å². The Bertz CT molecular complexity index is 2750. The maximum Gasteiger partial charge on any atom is 0.236 e. The summed E-state index contributed by atoms with van der Waals surface area (Å²) in [6, 6.07) is 51.7. The first-order valence-corrected chi connectivity index (χ1v) is 15.9. The molecule has 0 aliphatic rings. The molecule has 0 N–H and O–H groups in total. The van der Waals surface area contributed by atoms with Gasteiger partial charge in [-0.3, -0.25) is 4.57 Å². The third kappa shape index (κ3) is 3.53. The molecule has 210 valence electrons. The fourth-order valence-corrected chi connectivity index (χ4v) is 8.09. The minimum Gasteiger partial charge on any atom is -0.309 e. The molecule has 4 nitrogen and oxygen atoms in total. The Balaban J connectivity index is 1.35. The first-order valence-electron chi connectivity index (χ1n) is 15.1. The van der Waals surface area contributed by atoms with Crippen molar-refractivity contribution in [3.8, 4) is 22.9 Å². The highest BCUT2D eigenvalue weighted by Crippen LogP contribution is 2.42. The molecule has 0 saturated heterocycles. The summed E-state index contributed by atoms with van der Waals surface area (Å²) >= 11 is 1.73. The van der Waals surface area contributed by atoms with Crippen LogP contribution in [0.4, 0.5) is 0 Å². The summed E-state index contributed by atoms with van der Waals surface area (Å²) in [6.45, 7) is 0. The minimum atomic E-state index is 0.685. The molecule has 0 radical (unpaired) electrons. The lowest BCUT2D eigenvalue weighted by atomic mass is 10.1. The molecule has 0 aliphatic carbocycles. The monoisotopic (exact) mass is 592 g/mol. The van der Waals surface area contributed by atoms with E-state index in [9.17, 15) is 0 Å². The first kappa shape index (κ1) is 24.6. The van der Waals surface area contributed by atoms with Crippen LogP contribution in [-0.4, -0.2) is 19.1 Å². The highest BCUT2D eigenvalue weighted by molar-refractivity contribution is 7.25. The van der Waals surface area contributed by atoms with Gasteiger partial charge >= 0.3 is 0 Å². The maximum atomic E-state index is 5.38. The Hall–Kier alpha value is -5.78. The van der Waals surface area contributed by atoms with Crippen LogP contribution in [0.1, 0.15) is 0 Å². The van der Waals surface area contributed by atoms with Crippen molar-refractivity contribution in [3.05, 3.63) is 146 Å². The van der Waals surface area contributed by atoms with E-state index in [1.165, 1.54) is 42.7 Å². The lowest BCUT2D eigenvalue weighted by Gasteiger charge is -2.10. The molecule has 0 aliphatic heterocycles. The van der Waals surface area contributed by atoms with Crippen LogP contribution >= 0.6 is 11.3 Å². The first-order chi connectivity index (χ1) is 22.3. The van der Waals surface area contributed by atoms with Gasteiger partial charge in [-0.25, -0.2) is 9.97 Å². The van der Waals surface area contributed by atoms with Crippen molar-refractivity contribution in [1.29, 1.82) is 0 Å². The van der Waals surface area contributed by atoms with E-state index in [0.717, 1.165) is 38.2 Å². The van der Waals surface area contributed by atoms with Gasteiger partial charge in [0, 0.05) is 48.3 Å². The summed E-state index contributed by atoms with van der Waals surface area (Å²) in [5.74, 6) is 0.685. The number of fused-ring (bicyclic) bond motifs is 9. The smallest absolute Gasteiger partial charge is 0.236 e. The van der Waals surface area contributed by atoms with Crippen LogP contribution in [0.5, 0.6) is 0 Å². The number of para-hydroxylation sites is 3. The molecule has 0 spiro atoms. The molecule has 0 bridgehead atoms. The third-order valence-electron chi connectivity index (χ3n) is 8.95. The number of hydrogen-bond donors (Lipinski definition) is 0. The fourth-order valence-electron chi connectivity index (χ4n) is 7.02. The maximum absolute atomic E-state index is 5.38. The van der Waals surface area contributed by atoms with Gasteiger partial charge in [0.1, 0.15) is 4.83 Å². The summed E-state index contributed by atoms with van der Waals surface area (Å²) in [4.78, 5) is 11.7. The van der Waals surface area contributed by atoms with Crippen LogP contribution < -0.4 is 0 Å². The van der Waals surface area contributed by atoms with Crippen molar-refractivity contribution in [3.63, 3.8) is 0 Å². The number of aromatic nitrogens is 4. The van der Waals surface area contributed by atoms with E-state index < -0.39 is 0 Å². The predicted molar refractivity (Wildman–Crippen MR) is 189 cm³/mol. The van der Waals surface area contributed by atoms with Gasteiger partial charge in [-0.15, -0.1) is 11.3 Å². The highest BCUT2D eigenvalue weighted by Gasteiger charge is 2.22. The number of thiophene rings is 1. The predicted octanol–water partition coefficient (Wildman–Crippen LogP) is 10.7. The summed E-state index contributed by atoms with van der Waals surface area (Å²) in [7, 11) is 0. The zero-order chi connectivity index (χ0) is 29.5. The zero-order valence-corrected chi connectivity index (χ0v) is 24.9. The van der Waals surface area contributed by atoms with Gasteiger partial charge in [0.15, 0.2) is 0 Å². The molecule has 4 aromatic heterocycles. The van der Waals surface area contributed by atoms with E-state index in [1.807, 2.05) is 0 Å². The van der Waals surface area contributed by atoms with Crippen LogP contribution in [0.3, 0.4) is 0 Å². The number of benzene rings is 6. The third-order valence-corrected chi connectivity index (χ3v) is 10.0. The molecule has 0 fully saturated rings. The largest absolute Gasteiger partial charge is 0.309 e. The Morgan fingerprint density at radius 1 is 0.444 bits per heavy atom. The van der Waals surface area contributed by atoms with Gasteiger partial charge in [-0.2, -0.15) is 0 Å². The summed E-state index contributed by atoms with van der Waals surface area (Å²) in [5, 5.41) is 7.10. The van der Waals surface area contributed by atoms with Crippen molar-refractivity contribution >= 4 is 75.3 Å². The fraction of sp³-hybridized carbons (Fsp3) is 0. The summed E-state index contributed by atoms with van der Waals surface area (Å²) < 4.78 is 5.85. The normalized spacial score (nSPS) is 12.0. The molecule has 0 amide bonds. The quantitative estimate of drug-likeness (QED) is 0.205. The Labute approximate surface area is 262 Å². The van der Waals surface area contributed by atoms with Crippen LogP contribution in [0.15, 0.2) is 146 Å². The number of rotatable bonds is 3. The molecule has 6 aromatic carbocycles. The highest BCUT2D eigenvalue weighted by atomic mass is 32.1. The lowest BCUT2D eigenvalue weighted by molar-refractivity contribution is 1.02. The Kier molecular flexibility index (Phi) is 5.12. The van der Waals surface area contributed by atoms with Gasteiger partial charge in [0.05, 0.1) is 27.8 Å². The average molecular weight is 593 g/mol. The molecule has 0 unspecified atom stereocenters. The van der Waals surface area contributed by atoms with Gasteiger partial charge in [-0.1, -0.05) is 103 Å². The van der Waals surface area contributed by atoms with Gasteiger partial charge in [-0.05, 0) is 42.5 Å².